The van der Waals surface area contributed by atoms with Gasteiger partial charge in [0.2, 0.25) is 0 Å². The third-order valence-corrected chi connectivity index (χ3v) is 4.34. The van der Waals surface area contributed by atoms with E-state index in [2.05, 4.69) is 15.5 Å². The Balaban J connectivity index is 1.28. The van der Waals surface area contributed by atoms with Crippen LogP contribution in [-0.4, -0.2) is 40.3 Å². The maximum atomic E-state index is 12.2. The number of rotatable bonds is 4. The summed E-state index contributed by atoms with van der Waals surface area (Å²) in [4.78, 5) is 18.2. The van der Waals surface area contributed by atoms with E-state index in [-0.39, 0.29) is 12.1 Å². The summed E-state index contributed by atoms with van der Waals surface area (Å²) in [6, 6.07) is 15.1. The molecule has 1 N–H and O–H groups in total. The molecule has 0 bridgehead atoms. The number of carbonyl (C=O) groups excluding carboxylic acids is 1. The molecule has 138 valence electrons. The number of nitrogens with one attached hydrogen (secondary N) is 1. The molecule has 0 spiro atoms. The van der Waals surface area contributed by atoms with Crippen molar-refractivity contribution >= 4 is 11.7 Å². The first-order valence-electron chi connectivity index (χ1n) is 8.77. The summed E-state index contributed by atoms with van der Waals surface area (Å²) in [7, 11) is 0. The van der Waals surface area contributed by atoms with Crippen molar-refractivity contribution in [1.82, 2.24) is 15.0 Å². The van der Waals surface area contributed by atoms with Crippen molar-refractivity contribution in [3.63, 3.8) is 0 Å². The Bertz CT molecular complexity index is 946. The number of hydrogen-bond donors (Lipinski definition) is 1. The lowest BCUT2D eigenvalue weighted by Crippen LogP contribution is -2.57. The minimum atomic E-state index is -0.109. The zero-order chi connectivity index (χ0) is 18.8. The fraction of sp³-hybridized carbons (Fsp3) is 0.250. The van der Waals surface area contributed by atoms with E-state index in [4.69, 9.17) is 9.26 Å². The van der Waals surface area contributed by atoms with E-state index < -0.39 is 0 Å². The van der Waals surface area contributed by atoms with Gasteiger partial charge in [0.05, 0.1) is 13.1 Å². The average molecular weight is 364 g/mol. The number of carbonyl (C=O) groups is 1. The van der Waals surface area contributed by atoms with Gasteiger partial charge in [0.15, 0.2) is 5.82 Å². The van der Waals surface area contributed by atoms with Gasteiger partial charge in [-0.05, 0) is 55.8 Å². The lowest BCUT2D eigenvalue weighted by molar-refractivity contribution is 0.0493. The summed E-state index contributed by atoms with van der Waals surface area (Å²) in [5.74, 6) is 1.84. The largest absolute Gasteiger partial charge is 0.487 e. The van der Waals surface area contributed by atoms with Crippen LogP contribution in [0.3, 0.4) is 0 Å². The molecule has 4 rings (SSSR count). The first-order chi connectivity index (χ1) is 13.1. The molecule has 0 atom stereocenters. The van der Waals surface area contributed by atoms with Crippen LogP contribution in [-0.2, 0) is 0 Å². The van der Waals surface area contributed by atoms with Gasteiger partial charge in [-0.1, -0.05) is 17.3 Å². The predicted octanol–water partition coefficient (Wildman–Crippen LogP) is 3.65. The topological polar surface area (TPSA) is 80.5 Å². The highest BCUT2D eigenvalue weighted by Crippen LogP contribution is 2.23. The highest BCUT2D eigenvalue weighted by molar-refractivity contribution is 5.90. The molecule has 2 aromatic carbocycles. The van der Waals surface area contributed by atoms with Gasteiger partial charge in [-0.15, -0.1) is 0 Å². The van der Waals surface area contributed by atoms with Crippen LogP contribution in [0.4, 0.5) is 10.5 Å². The third kappa shape index (κ3) is 3.92. The number of likely N-dealkylation sites (tertiary alicyclic amines) is 1. The van der Waals surface area contributed by atoms with Gasteiger partial charge >= 0.3 is 6.03 Å². The van der Waals surface area contributed by atoms with Crippen molar-refractivity contribution in [2.45, 2.75) is 20.0 Å². The van der Waals surface area contributed by atoms with Gasteiger partial charge in [0, 0.05) is 11.3 Å². The zero-order valence-corrected chi connectivity index (χ0v) is 15.2. The molecule has 7 heteroatoms. The monoisotopic (exact) mass is 364 g/mol. The Morgan fingerprint density at radius 3 is 2.63 bits per heavy atom. The van der Waals surface area contributed by atoms with Crippen LogP contribution < -0.4 is 10.1 Å². The number of benzene rings is 2. The second-order valence-electron chi connectivity index (χ2n) is 6.62. The van der Waals surface area contributed by atoms with E-state index >= 15 is 0 Å². The quantitative estimate of drug-likeness (QED) is 0.764. The van der Waals surface area contributed by atoms with E-state index in [1.807, 2.05) is 55.5 Å². The maximum Gasteiger partial charge on any atom is 0.322 e. The fourth-order valence-corrected chi connectivity index (χ4v) is 2.89. The van der Waals surface area contributed by atoms with Crippen LogP contribution in [0.15, 0.2) is 53.1 Å². The summed E-state index contributed by atoms with van der Waals surface area (Å²) in [5.41, 5.74) is 2.75. The lowest BCUT2D eigenvalue weighted by atomic mass is 10.1. The average Bonchev–Trinajstić information content (AvgIpc) is 3.04. The van der Waals surface area contributed by atoms with E-state index in [9.17, 15) is 4.79 Å². The van der Waals surface area contributed by atoms with Crippen molar-refractivity contribution in [3.8, 4) is 17.2 Å². The molecule has 7 nitrogen and oxygen atoms in total. The summed E-state index contributed by atoms with van der Waals surface area (Å²) >= 11 is 0. The number of anilines is 1. The molecule has 1 aromatic heterocycles. The van der Waals surface area contributed by atoms with Crippen LogP contribution in [0.5, 0.6) is 5.75 Å². The van der Waals surface area contributed by atoms with Crippen molar-refractivity contribution in [2.75, 3.05) is 18.4 Å². The molecule has 0 unspecified atom stereocenters. The highest BCUT2D eigenvalue weighted by Gasteiger charge is 2.32. The molecule has 27 heavy (non-hydrogen) atoms. The minimum absolute atomic E-state index is 0.00948. The summed E-state index contributed by atoms with van der Waals surface area (Å²) in [6.07, 6.45) is -0.00948. The highest BCUT2D eigenvalue weighted by atomic mass is 16.5. The van der Waals surface area contributed by atoms with Crippen LogP contribution in [0, 0.1) is 13.8 Å². The van der Waals surface area contributed by atoms with Crippen LogP contribution >= 0.6 is 0 Å². The van der Waals surface area contributed by atoms with Crippen molar-refractivity contribution in [2.24, 2.45) is 0 Å². The maximum absolute atomic E-state index is 12.2. The number of ether oxygens (including phenoxy) is 1. The molecule has 3 aromatic rings. The van der Waals surface area contributed by atoms with Gasteiger partial charge in [0.25, 0.3) is 5.89 Å². The van der Waals surface area contributed by atoms with E-state index in [1.165, 1.54) is 0 Å². The van der Waals surface area contributed by atoms with E-state index in [0.717, 1.165) is 22.6 Å². The molecule has 1 saturated heterocycles. The molecule has 2 heterocycles. The Labute approximate surface area is 156 Å². The summed E-state index contributed by atoms with van der Waals surface area (Å²) in [5, 5.41) is 6.69. The molecule has 0 aliphatic carbocycles. The van der Waals surface area contributed by atoms with E-state index in [1.54, 1.807) is 11.8 Å². The Hall–Kier alpha value is -3.35. The Morgan fingerprint density at radius 1 is 1.19 bits per heavy atom. The van der Waals surface area contributed by atoms with Crippen molar-refractivity contribution in [3.05, 3.63) is 59.9 Å². The second-order valence-corrected chi connectivity index (χ2v) is 6.62. The second kappa shape index (κ2) is 7.11. The first kappa shape index (κ1) is 17.1. The molecule has 1 aliphatic heterocycles. The standard InChI is InChI=1S/C20H20N4O3/c1-13-4-3-5-16(10-13)22-20(25)24-11-18(12-24)26-17-8-6-15(7-9-17)19-21-14(2)23-27-19/h3-10,18H,11-12H2,1-2H3,(H,22,25). The SMILES string of the molecule is Cc1cccc(NC(=O)N2CC(Oc3ccc(-c4nc(C)no4)cc3)C2)c1. The molecule has 2 amide bonds. The number of amides is 2. The van der Waals surface area contributed by atoms with Crippen molar-refractivity contribution < 1.29 is 14.1 Å². The number of nitrogens with zero attached hydrogens (tertiary/aromatic N) is 3. The van der Waals surface area contributed by atoms with Gasteiger partial charge in [0.1, 0.15) is 11.9 Å². The number of hydrogen-bond acceptors (Lipinski definition) is 5. The van der Waals surface area contributed by atoms with E-state index in [0.29, 0.717) is 24.8 Å². The van der Waals surface area contributed by atoms with Crippen molar-refractivity contribution in [1.29, 1.82) is 0 Å². The minimum Gasteiger partial charge on any atom is -0.487 e. The Kier molecular flexibility index (Phi) is 4.50. The van der Waals surface area contributed by atoms with Crippen LogP contribution in [0.2, 0.25) is 0 Å². The summed E-state index contributed by atoms with van der Waals surface area (Å²) < 4.78 is 11.1. The van der Waals surface area contributed by atoms with Gasteiger partial charge < -0.3 is 19.5 Å². The smallest absolute Gasteiger partial charge is 0.322 e. The number of aromatic nitrogens is 2. The van der Waals surface area contributed by atoms with Gasteiger partial charge in [-0.25, -0.2) is 4.79 Å². The molecule has 0 saturated carbocycles. The van der Waals surface area contributed by atoms with Crippen LogP contribution in [0.1, 0.15) is 11.4 Å². The Morgan fingerprint density at radius 2 is 1.96 bits per heavy atom. The third-order valence-electron chi connectivity index (χ3n) is 4.34. The molecular formula is C20H20N4O3. The zero-order valence-electron chi connectivity index (χ0n) is 15.2. The van der Waals surface area contributed by atoms with Gasteiger partial charge in [-0.3, -0.25) is 0 Å². The summed E-state index contributed by atoms with van der Waals surface area (Å²) in [6.45, 7) is 4.89. The molecule has 0 radical (unpaired) electrons. The lowest BCUT2D eigenvalue weighted by Gasteiger charge is -2.38. The van der Waals surface area contributed by atoms with Crippen LogP contribution in [0.25, 0.3) is 11.5 Å². The number of urea groups is 1. The normalized spacial score (nSPS) is 13.9. The van der Waals surface area contributed by atoms with Gasteiger partial charge in [-0.2, -0.15) is 4.98 Å². The molecular weight excluding hydrogens is 344 g/mol. The molecule has 1 aliphatic rings. The fourth-order valence-electron chi connectivity index (χ4n) is 2.89. The first-order valence-corrected chi connectivity index (χ1v) is 8.77. The predicted molar refractivity (Wildman–Crippen MR) is 101 cm³/mol. The number of aryl methyl sites for hydroxylation is 2. The molecule has 1 fully saturated rings.